The molecule has 1 N–H and O–H groups in total. The molecule has 2 unspecified atom stereocenters. The highest BCUT2D eigenvalue weighted by Gasteiger charge is 2.34. The molecule has 5 nitrogen and oxygen atoms in total. The maximum absolute atomic E-state index is 12.2. The number of rotatable bonds is 8. The standard InChI is InChI=1S/C16H33N3O2/c1-6-14-13-19(12-11-18(14)5)10-9-16(4,17-7-2)15(20)21-8-3/h14,17H,6-13H2,1-5H3. The van der Waals surface area contributed by atoms with Crippen LogP contribution in [-0.4, -0.2) is 73.7 Å². The maximum Gasteiger partial charge on any atom is 0.326 e. The summed E-state index contributed by atoms with van der Waals surface area (Å²) in [6.07, 6.45) is 1.97. The summed E-state index contributed by atoms with van der Waals surface area (Å²) in [6, 6.07) is 0.631. The Morgan fingerprint density at radius 3 is 2.62 bits per heavy atom. The van der Waals surface area contributed by atoms with Crippen molar-refractivity contribution < 1.29 is 9.53 Å². The first-order valence-electron chi connectivity index (χ1n) is 8.31. The zero-order valence-corrected chi connectivity index (χ0v) is 14.4. The van der Waals surface area contributed by atoms with Gasteiger partial charge in [0.25, 0.3) is 0 Å². The zero-order chi connectivity index (χ0) is 15.9. The summed E-state index contributed by atoms with van der Waals surface area (Å²) < 4.78 is 5.23. The van der Waals surface area contributed by atoms with Crippen LogP contribution in [0.3, 0.4) is 0 Å². The number of esters is 1. The van der Waals surface area contributed by atoms with Crippen molar-refractivity contribution >= 4 is 5.97 Å². The Bertz CT molecular complexity index is 325. The lowest BCUT2D eigenvalue weighted by Gasteiger charge is -2.40. The van der Waals surface area contributed by atoms with Gasteiger partial charge >= 0.3 is 5.97 Å². The van der Waals surface area contributed by atoms with Crippen molar-refractivity contribution in [1.82, 2.24) is 15.1 Å². The van der Waals surface area contributed by atoms with Crippen molar-refractivity contribution in [3.63, 3.8) is 0 Å². The molecule has 0 amide bonds. The number of carbonyl (C=O) groups excluding carboxylic acids is 1. The molecule has 0 aromatic heterocycles. The van der Waals surface area contributed by atoms with Crippen LogP contribution < -0.4 is 5.32 Å². The number of nitrogens with one attached hydrogen (secondary N) is 1. The van der Waals surface area contributed by atoms with Crippen LogP contribution in [0.4, 0.5) is 0 Å². The number of nitrogens with zero attached hydrogens (tertiary/aromatic N) is 2. The molecule has 0 aliphatic carbocycles. The third-order valence-corrected chi connectivity index (χ3v) is 4.55. The van der Waals surface area contributed by atoms with Crippen LogP contribution in [0.2, 0.25) is 0 Å². The summed E-state index contributed by atoms with van der Waals surface area (Å²) in [7, 11) is 2.20. The van der Waals surface area contributed by atoms with Gasteiger partial charge in [-0.15, -0.1) is 0 Å². The smallest absolute Gasteiger partial charge is 0.326 e. The van der Waals surface area contributed by atoms with Gasteiger partial charge < -0.3 is 19.9 Å². The third kappa shape index (κ3) is 5.24. The van der Waals surface area contributed by atoms with Gasteiger partial charge in [0.05, 0.1) is 6.61 Å². The van der Waals surface area contributed by atoms with E-state index in [0.29, 0.717) is 12.6 Å². The Labute approximate surface area is 130 Å². The monoisotopic (exact) mass is 299 g/mol. The number of piperazine rings is 1. The second kappa shape index (κ2) is 8.71. The average Bonchev–Trinajstić information content (AvgIpc) is 2.47. The fourth-order valence-corrected chi connectivity index (χ4v) is 2.98. The number of likely N-dealkylation sites (N-methyl/N-ethyl adjacent to an activating group) is 2. The minimum Gasteiger partial charge on any atom is -0.465 e. The molecule has 5 heteroatoms. The van der Waals surface area contributed by atoms with Gasteiger partial charge in [-0.3, -0.25) is 4.79 Å². The average molecular weight is 299 g/mol. The zero-order valence-electron chi connectivity index (χ0n) is 14.4. The van der Waals surface area contributed by atoms with E-state index in [4.69, 9.17) is 4.74 Å². The number of ether oxygens (including phenoxy) is 1. The molecule has 1 heterocycles. The molecule has 1 fully saturated rings. The Kier molecular flexibility index (Phi) is 7.63. The molecule has 1 rings (SSSR count). The summed E-state index contributed by atoms with van der Waals surface area (Å²) in [5.74, 6) is -0.131. The lowest BCUT2D eigenvalue weighted by atomic mass is 9.97. The Morgan fingerprint density at radius 2 is 2.05 bits per heavy atom. The fourth-order valence-electron chi connectivity index (χ4n) is 2.98. The van der Waals surface area contributed by atoms with E-state index in [1.54, 1.807) is 0 Å². The van der Waals surface area contributed by atoms with Gasteiger partial charge in [0.15, 0.2) is 0 Å². The molecule has 0 bridgehead atoms. The predicted octanol–water partition coefficient (Wildman–Crippen LogP) is 1.33. The Hall–Kier alpha value is -0.650. The van der Waals surface area contributed by atoms with Gasteiger partial charge in [-0.1, -0.05) is 13.8 Å². The van der Waals surface area contributed by atoms with Crippen LogP contribution in [-0.2, 0) is 9.53 Å². The van der Waals surface area contributed by atoms with Crippen LogP contribution >= 0.6 is 0 Å². The van der Waals surface area contributed by atoms with Crippen LogP contribution in [0.15, 0.2) is 0 Å². The highest BCUT2D eigenvalue weighted by atomic mass is 16.5. The van der Waals surface area contributed by atoms with Crippen molar-refractivity contribution in [2.75, 3.05) is 46.4 Å². The molecule has 0 aromatic rings. The first-order chi connectivity index (χ1) is 9.96. The number of hydrogen-bond donors (Lipinski definition) is 1. The van der Waals surface area contributed by atoms with Gasteiger partial charge in [0.2, 0.25) is 0 Å². The van der Waals surface area contributed by atoms with Crippen molar-refractivity contribution in [3.8, 4) is 0 Å². The summed E-state index contributed by atoms with van der Waals surface area (Å²) >= 11 is 0. The van der Waals surface area contributed by atoms with E-state index in [0.717, 1.165) is 39.1 Å². The second-order valence-corrected chi connectivity index (χ2v) is 6.18. The summed E-state index contributed by atoms with van der Waals surface area (Å²) in [5, 5.41) is 3.31. The summed E-state index contributed by atoms with van der Waals surface area (Å²) in [4.78, 5) is 17.1. The first-order valence-corrected chi connectivity index (χ1v) is 8.31. The minimum atomic E-state index is -0.574. The molecule has 0 radical (unpaired) electrons. The normalized spacial score (nSPS) is 23.8. The quantitative estimate of drug-likeness (QED) is 0.685. The fraction of sp³-hybridized carbons (Fsp3) is 0.938. The molecular weight excluding hydrogens is 266 g/mol. The topological polar surface area (TPSA) is 44.8 Å². The van der Waals surface area contributed by atoms with E-state index in [-0.39, 0.29) is 5.97 Å². The molecular formula is C16H33N3O2. The van der Waals surface area contributed by atoms with E-state index in [1.807, 2.05) is 20.8 Å². The van der Waals surface area contributed by atoms with E-state index in [2.05, 4.69) is 29.1 Å². The van der Waals surface area contributed by atoms with Crippen LogP contribution in [0.1, 0.15) is 40.5 Å². The molecule has 124 valence electrons. The predicted molar refractivity (Wildman–Crippen MR) is 86.5 cm³/mol. The van der Waals surface area contributed by atoms with Crippen molar-refractivity contribution in [2.45, 2.75) is 52.1 Å². The summed E-state index contributed by atoms with van der Waals surface area (Å²) in [5.41, 5.74) is -0.574. The molecule has 21 heavy (non-hydrogen) atoms. The highest BCUT2D eigenvalue weighted by Crippen LogP contribution is 2.16. The number of hydrogen-bond acceptors (Lipinski definition) is 5. The van der Waals surface area contributed by atoms with E-state index in [9.17, 15) is 4.79 Å². The van der Waals surface area contributed by atoms with Gasteiger partial charge in [-0.05, 0) is 40.3 Å². The van der Waals surface area contributed by atoms with Crippen LogP contribution in [0.25, 0.3) is 0 Å². The van der Waals surface area contributed by atoms with Crippen molar-refractivity contribution in [3.05, 3.63) is 0 Å². The van der Waals surface area contributed by atoms with Crippen LogP contribution in [0, 0.1) is 0 Å². The third-order valence-electron chi connectivity index (χ3n) is 4.55. The summed E-state index contributed by atoms with van der Waals surface area (Å²) in [6.45, 7) is 13.5. The van der Waals surface area contributed by atoms with Gasteiger partial charge in [-0.2, -0.15) is 0 Å². The lowest BCUT2D eigenvalue weighted by Crippen LogP contribution is -2.55. The Balaban J connectivity index is 2.55. The molecule has 0 aromatic carbocycles. The molecule has 0 spiro atoms. The molecule has 2 atom stereocenters. The SMILES string of the molecule is CCNC(C)(CCN1CCN(C)C(CC)C1)C(=O)OCC. The molecule has 1 aliphatic heterocycles. The number of carbonyl (C=O) groups is 1. The van der Waals surface area contributed by atoms with Crippen LogP contribution in [0.5, 0.6) is 0 Å². The maximum atomic E-state index is 12.2. The molecule has 1 aliphatic rings. The van der Waals surface area contributed by atoms with Gasteiger partial charge in [0, 0.05) is 32.2 Å². The Morgan fingerprint density at radius 1 is 1.33 bits per heavy atom. The minimum absolute atomic E-state index is 0.131. The van der Waals surface area contributed by atoms with E-state index in [1.165, 1.54) is 6.42 Å². The lowest BCUT2D eigenvalue weighted by molar-refractivity contribution is -0.151. The highest BCUT2D eigenvalue weighted by molar-refractivity contribution is 5.80. The van der Waals surface area contributed by atoms with E-state index < -0.39 is 5.54 Å². The van der Waals surface area contributed by atoms with Crippen molar-refractivity contribution in [2.24, 2.45) is 0 Å². The molecule has 1 saturated heterocycles. The van der Waals surface area contributed by atoms with E-state index >= 15 is 0 Å². The van der Waals surface area contributed by atoms with Crippen molar-refractivity contribution in [1.29, 1.82) is 0 Å². The second-order valence-electron chi connectivity index (χ2n) is 6.18. The largest absolute Gasteiger partial charge is 0.465 e. The van der Waals surface area contributed by atoms with Gasteiger partial charge in [-0.25, -0.2) is 0 Å². The van der Waals surface area contributed by atoms with Gasteiger partial charge in [0.1, 0.15) is 5.54 Å². The first kappa shape index (κ1) is 18.4. The molecule has 0 saturated carbocycles.